The molecular weight excluding hydrogens is 562 g/mol. The van der Waals surface area contributed by atoms with Crippen LogP contribution in [0, 0.1) is 18.8 Å². The highest BCUT2D eigenvalue weighted by atomic mass is 35.5. The topological polar surface area (TPSA) is 108 Å². The van der Waals surface area contributed by atoms with Gasteiger partial charge in [0.05, 0.1) is 33.9 Å². The van der Waals surface area contributed by atoms with Crippen LogP contribution in [0.4, 0.5) is 11.4 Å². The fourth-order valence-electron chi connectivity index (χ4n) is 6.75. The van der Waals surface area contributed by atoms with E-state index in [0.29, 0.717) is 42.4 Å². The normalized spacial score (nSPS) is 26.2. The number of aliphatic hydroxyl groups excluding tert-OH is 1. The summed E-state index contributed by atoms with van der Waals surface area (Å²) in [6.07, 6.45) is 4.60. The number of rotatable bonds is 12. The Morgan fingerprint density at radius 3 is 2.56 bits per heavy atom. The molecule has 3 fully saturated rings. The van der Waals surface area contributed by atoms with Crippen LogP contribution < -0.4 is 15.4 Å². The number of ether oxygens (including phenoxy) is 1. The van der Waals surface area contributed by atoms with E-state index in [1.54, 1.807) is 34.9 Å². The van der Waals surface area contributed by atoms with E-state index in [9.17, 15) is 14.4 Å². The molecule has 3 aliphatic heterocycles. The minimum absolute atomic E-state index is 0.0318. The van der Waals surface area contributed by atoms with Crippen LogP contribution in [-0.4, -0.2) is 63.5 Å². The molecule has 5 atom stereocenters. The Kier molecular flexibility index (Phi) is 9.16. The molecule has 0 aliphatic carbocycles. The summed E-state index contributed by atoms with van der Waals surface area (Å²) in [6.45, 7) is 4.93. The van der Waals surface area contributed by atoms with Crippen LogP contribution in [-0.2, 0) is 14.4 Å². The largest absolute Gasteiger partial charge is 0.494 e. The summed E-state index contributed by atoms with van der Waals surface area (Å²) >= 11 is 8.10. The van der Waals surface area contributed by atoms with Crippen LogP contribution in [0.15, 0.2) is 42.5 Å². The number of fused-ring (bicyclic) bond motifs is 1. The molecule has 2 aromatic carbocycles. The molecule has 5 rings (SSSR count). The van der Waals surface area contributed by atoms with Crippen LogP contribution >= 0.6 is 23.4 Å². The number of para-hydroxylation sites is 1. The van der Waals surface area contributed by atoms with Gasteiger partial charge in [-0.2, -0.15) is 0 Å². The van der Waals surface area contributed by atoms with Crippen molar-refractivity contribution in [2.24, 2.45) is 11.8 Å². The summed E-state index contributed by atoms with van der Waals surface area (Å²) in [7, 11) is 0. The van der Waals surface area contributed by atoms with Gasteiger partial charge in [0.25, 0.3) is 0 Å². The Labute approximate surface area is 250 Å². The molecule has 3 saturated heterocycles. The minimum Gasteiger partial charge on any atom is -0.494 e. The minimum atomic E-state index is -0.702. The van der Waals surface area contributed by atoms with Crippen molar-refractivity contribution < 1.29 is 24.2 Å². The Morgan fingerprint density at radius 1 is 1.10 bits per heavy atom. The number of amides is 3. The van der Waals surface area contributed by atoms with Gasteiger partial charge in [0.1, 0.15) is 11.8 Å². The van der Waals surface area contributed by atoms with Crippen molar-refractivity contribution >= 4 is 52.5 Å². The molecule has 8 nitrogen and oxygen atoms in total. The van der Waals surface area contributed by atoms with Crippen LogP contribution in [0.1, 0.15) is 51.0 Å². The lowest BCUT2D eigenvalue weighted by Gasteiger charge is -2.34. The first-order valence-corrected chi connectivity index (χ1v) is 15.8. The van der Waals surface area contributed by atoms with E-state index >= 15 is 0 Å². The third-order valence-corrected chi connectivity index (χ3v) is 10.8. The molecular formula is C31H38ClN3O5S. The number of nitrogens with zero attached hydrogens (tertiary/aromatic N) is 1. The molecule has 41 heavy (non-hydrogen) atoms. The molecule has 2 aromatic rings. The van der Waals surface area contributed by atoms with Crippen molar-refractivity contribution in [1.29, 1.82) is 0 Å². The number of aryl methyl sites for hydroxylation is 1. The first-order valence-electron chi connectivity index (χ1n) is 14.5. The van der Waals surface area contributed by atoms with Crippen LogP contribution in [0.3, 0.4) is 0 Å². The lowest BCUT2D eigenvalue weighted by molar-refractivity contribution is -0.138. The number of halogens is 1. The van der Waals surface area contributed by atoms with Crippen molar-refractivity contribution in [3.63, 3.8) is 0 Å². The maximum atomic E-state index is 14.1. The lowest BCUT2D eigenvalue weighted by atomic mass is 9.70. The predicted octanol–water partition coefficient (Wildman–Crippen LogP) is 5.27. The number of thioether (sulfide) groups is 1. The molecule has 0 radical (unpaired) electrons. The van der Waals surface area contributed by atoms with Gasteiger partial charge < -0.3 is 25.4 Å². The average Bonchev–Trinajstić information content (AvgIpc) is 3.59. The van der Waals surface area contributed by atoms with E-state index in [0.717, 1.165) is 37.0 Å². The fourth-order valence-corrected chi connectivity index (χ4v) is 9.24. The number of carbonyl (C=O) groups excluding carboxylic acids is 3. The Bertz CT molecular complexity index is 1270. The van der Waals surface area contributed by atoms with Gasteiger partial charge in [0, 0.05) is 24.1 Å². The first kappa shape index (κ1) is 29.7. The van der Waals surface area contributed by atoms with Crippen LogP contribution in [0.2, 0.25) is 5.02 Å². The lowest BCUT2D eigenvalue weighted by Crippen LogP contribution is -2.51. The number of benzene rings is 2. The molecule has 0 aromatic heterocycles. The molecule has 1 spiro atoms. The predicted molar refractivity (Wildman–Crippen MR) is 162 cm³/mol. The van der Waals surface area contributed by atoms with Crippen molar-refractivity contribution in [3.8, 4) is 5.75 Å². The summed E-state index contributed by atoms with van der Waals surface area (Å²) < 4.78 is 4.83. The third-order valence-electron chi connectivity index (χ3n) is 8.56. The number of aliphatic hydroxyl groups is 1. The van der Waals surface area contributed by atoms with Crippen molar-refractivity contribution in [2.45, 2.75) is 68.4 Å². The number of hydrogen-bond donors (Lipinski definition) is 3. The zero-order valence-corrected chi connectivity index (χ0v) is 25.1. The molecule has 3 N–H and O–H groups in total. The molecule has 2 unspecified atom stereocenters. The van der Waals surface area contributed by atoms with Crippen LogP contribution in [0.25, 0.3) is 0 Å². The smallest absolute Gasteiger partial charge is 0.248 e. The second kappa shape index (κ2) is 12.6. The third kappa shape index (κ3) is 5.68. The number of unbranched alkanes of at least 4 members (excludes halogenated alkanes) is 3. The summed E-state index contributed by atoms with van der Waals surface area (Å²) in [4.78, 5) is 43.7. The number of hydrogen-bond acceptors (Lipinski definition) is 6. The molecule has 3 aliphatic rings. The van der Waals surface area contributed by atoms with Gasteiger partial charge in [-0.1, -0.05) is 36.6 Å². The van der Waals surface area contributed by atoms with E-state index in [4.69, 9.17) is 21.4 Å². The van der Waals surface area contributed by atoms with E-state index in [2.05, 4.69) is 10.6 Å². The number of anilines is 2. The van der Waals surface area contributed by atoms with Gasteiger partial charge in [-0.25, -0.2) is 0 Å². The van der Waals surface area contributed by atoms with Gasteiger partial charge in [-0.05, 0) is 75.4 Å². The molecule has 3 heterocycles. The van der Waals surface area contributed by atoms with Gasteiger partial charge in [0.15, 0.2) is 0 Å². The van der Waals surface area contributed by atoms with E-state index in [1.165, 1.54) is 0 Å². The molecule has 220 valence electrons. The Hall–Kier alpha value is -2.75. The second-order valence-corrected chi connectivity index (χ2v) is 13.1. The maximum Gasteiger partial charge on any atom is 0.248 e. The van der Waals surface area contributed by atoms with Gasteiger partial charge in [-0.15, -0.1) is 11.8 Å². The SMILES string of the molecule is CCOc1ccc(NC(=O)[C@@H]2[C@H]3C(=O)N(CCCCCCO)C(C(=O)Nc4c(C)cccc4Cl)C34CC[C@H]2S4)cc1. The molecule has 0 saturated carbocycles. The highest BCUT2D eigenvalue weighted by Gasteiger charge is 2.73. The standard InChI is InChI=1S/C31H38ClN3O5S/c1-3-40-21-13-11-20(12-14-21)33-28(37)24-23-15-16-31(41-23)25(24)30(39)35(17-6-4-5-7-18-36)27(31)29(38)34-26-19(2)9-8-10-22(26)32/h8-14,23-25,27,36H,3-7,15-18H2,1-2H3,(H,33,37)(H,34,38)/t23-,24+,25+,27?,31?/m1/s1. The first-order chi connectivity index (χ1) is 19.8. The van der Waals surface area contributed by atoms with Crippen molar-refractivity contribution in [2.75, 3.05) is 30.4 Å². The van der Waals surface area contributed by atoms with Crippen molar-refractivity contribution in [1.82, 2.24) is 4.90 Å². The summed E-state index contributed by atoms with van der Waals surface area (Å²) in [6, 6.07) is 12.0. The number of carbonyl (C=O) groups is 3. The van der Waals surface area contributed by atoms with Crippen LogP contribution in [0.5, 0.6) is 5.75 Å². The van der Waals surface area contributed by atoms with E-state index in [-0.39, 0.29) is 29.6 Å². The molecule has 2 bridgehead atoms. The van der Waals surface area contributed by atoms with Crippen molar-refractivity contribution in [3.05, 3.63) is 53.1 Å². The Balaban J connectivity index is 1.41. The molecule has 3 amide bonds. The quantitative estimate of drug-likeness (QED) is 0.287. The Morgan fingerprint density at radius 2 is 1.85 bits per heavy atom. The monoisotopic (exact) mass is 599 g/mol. The molecule has 10 heteroatoms. The van der Waals surface area contributed by atoms with E-state index in [1.807, 2.05) is 38.1 Å². The van der Waals surface area contributed by atoms with Gasteiger partial charge >= 0.3 is 0 Å². The zero-order chi connectivity index (χ0) is 29.1. The maximum absolute atomic E-state index is 14.1. The summed E-state index contributed by atoms with van der Waals surface area (Å²) in [5.41, 5.74) is 2.04. The summed E-state index contributed by atoms with van der Waals surface area (Å²) in [5.74, 6) is -0.933. The highest BCUT2D eigenvalue weighted by molar-refractivity contribution is 8.02. The summed E-state index contributed by atoms with van der Waals surface area (Å²) in [5, 5.41) is 15.6. The fraction of sp³-hybridized carbons (Fsp3) is 0.516. The number of likely N-dealkylation sites (tertiary alicyclic amines) is 1. The average molecular weight is 600 g/mol. The van der Waals surface area contributed by atoms with E-state index < -0.39 is 22.6 Å². The van der Waals surface area contributed by atoms with Gasteiger partial charge in [0.2, 0.25) is 17.7 Å². The van der Waals surface area contributed by atoms with Gasteiger partial charge in [-0.3, -0.25) is 14.4 Å². The second-order valence-electron chi connectivity index (χ2n) is 11.1. The number of nitrogens with one attached hydrogen (secondary N) is 2. The highest BCUT2D eigenvalue weighted by Crippen LogP contribution is 2.66. The zero-order valence-electron chi connectivity index (χ0n) is 23.5.